The van der Waals surface area contributed by atoms with Gasteiger partial charge in [0.1, 0.15) is 11.4 Å². The summed E-state index contributed by atoms with van der Waals surface area (Å²) in [5.74, 6) is 0.498. The van der Waals surface area contributed by atoms with Gasteiger partial charge in [-0.1, -0.05) is 11.6 Å². The predicted molar refractivity (Wildman–Crippen MR) is 90.3 cm³/mol. The molecule has 0 atom stereocenters. The first kappa shape index (κ1) is 16.1. The van der Waals surface area contributed by atoms with Crippen molar-refractivity contribution in [3.05, 3.63) is 53.3 Å². The lowest BCUT2D eigenvalue weighted by molar-refractivity contribution is 0.0531. The second-order valence-corrected chi connectivity index (χ2v) is 5.87. The fraction of sp³-hybridized carbons (Fsp3) is 0.333. The number of benzene rings is 1. The van der Waals surface area contributed by atoms with E-state index in [9.17, 15) is 9.59 Å². The fourth-order valence-corrected chi connectivity index (χ4v) is 2.91. The summed E-state index contributed by atoms with van der Waals surface area (Å²) in [5.41, 5.74) is 2.16. The predicted octanol–water partition coefficient (Wildman–Crippen LogP) is 1.93. The normalized spacial score (nSPS) is 14.6. The number of amides is 2. The van der Waals surface area contributed by atoms with Gasteiger partial charge in [0.2, 0.25) is 0 Å². The van der Waals surface area contributed by atoms with Crippen LogP contribution in [0.25, 0.3) is 0 Å². The molecular formula is C18H21N3O3. The van der Waals surface area contributed by atoms with E-state index in [4.69, 9.17) is 4.74 Å². The first-order valence-corrected chi connectivity index (χ1v) is 7.96. The summed E-state index contributed by atoms with van der Waals surface area (Å²) >= 11 is 0. The van der Waals surface area contributed by atoms with Crippen LogP contribution in [-0.4, -0.2) is 59.9 Å². The van der Waals surface area contributed by atoms with Gasteiger partial charge in [-0.25, -0.2) is 0 Å². The number of hydrogen-bond donors (Lipinski definition) is 1. The SMILES string of the molecule is COc1ccc(C)cc1C(=O)N1CCN(C(=O)c2ccc[nH]2)CC1. The maximum absolute atomic E-state index is 12.8. The maximum atomic E-state index is 12.8. The lowest BCUT2D eigenvalue weighted by Crippen LogP contribution is -2.50. The number of aromatic nitrogens is 1. The highest BCUT2D eigenvalue weighted by atomic mass is 16.5. The number of nitrogens with one attached hydrogen (secondary N) is 1. The number of piperazine rings is 1. The number of rotatable bonds is 3. The lowest BCUT2D eigenvalue weighted by atomic mass is 10.1. The number of nitrogens with zero attached hydrogens (tertiary/aromatic N) is 2. The van der Waals surface area contributed by atoms with Crippen molar-refractivity contribution in [2.75, 3.05) is 33.3 Å². The van der Waals surface area contributed by atoms with E-state index in [2.05, 4.69) is 4.98 Å². The minimum atomic E-state index is -0.0532. The van der Waals surface area contributed by atoms with Crippen LogP contribution in [0.1, 0.15) is 26.4 Å². The van der Waals surface area contributed by atoms with Gasteiger partial charge in [-0.2, -0.15) is 0 Å². The molecule has 0 radical (unpaired) electrons. The van der Waals surface area contributed by atoms with E-state index in [1.807, 2.05) is 25.1 Å². The van der Waals surface area contributed by atoms with Crippen molar-refractivity contribution in [3.63, 3.8) is 0 Å². The molecule has 0 saturated carbocycles. The van der Waals surface area contributed by atoms with Gasteiger partial charge in [0.15, 0.2) is 0 Å². The fourth-order valence-electron chi connectivity index (χ4n) is 2.91. The number of carbonyl (C=O) groups excluding carboxylic acids is 2. The van der Waals surface area contributed by atoms with Gasteiger partial charge in [-0.05, 0) is 31.2 Å². The first-order chi connectivity index (χ1) is 11.6. The Kier molecular flexibility index (Phi) is 4.55. The van der Waals surface area contributed by atoms with Crippen LogP contribution in [0.4, 0.5) is 0 Å². The summed E-state index contributed by atoms with van der Waals surface area (Å²) in [6.45, 7) is 4.03. The maximum Gasteiger partial charge on any atom is 0.270 e. The zero-order valence-electron chi connectivity index (χ0n) is 13.9. The van der Waals surface area contributed by atoms with Crippen LogP contribution in [0.15, 0.2) is 36.5 Å². The molecule has 1 aliphatic heterocycles. The molecule has 2 amide bonds. The number of methoxy groups -OCH3 is 1. The quantitative estimate of drug-likeness (QED) is 0.937. The van der Waals surface area contributed by atoms with E-state index in [0.29, 0.717) is 43.2 Å². The number of carbonyl (C=O) groups is 2. The molecule has 2 heterocycles. The van der Waals surface area contributed by atoms with Gasteiger partial charge in [-0.15, -0.1) is 0 Å². The highest BCUT2D eigenvalue weighted by molar-refractivity contribution is 5.97. The summed E-state index contributed by atoms with van der Waals surface area (Å²) in [7, 11) is 1.56. The topological polar surface area (TPSA) is 65.6 Å². The number of ether oxygens (including phenoxy) is 1. The molecule has 1 aromatic carbocycles. The molecule has 24 heavy (non-hydrogen) atoms. The molecule has 2 aromatic rings. The minimum absolute atomic E-state index is 0.0276. The second kappa shape index (κ2) is 6.78. The van der Waals surface area contributed by atoms with Gasteiger partial charge in [0, 0.05) is 32.4 Å². The van der Waals surface area contributed by atoms with Crippen molar-refractivity contribution < 1.29 is 14.3 Å². The van der Waals surface area contributed by atoms with Crippen LogP contribution in [0.2, 0.25) is 0 Å². The van der Waals surface area contributed by atoms with E-state index in [-0.39, 0.29) is 11.8 Å². The third-order valence-electron chi connectivity index (χ3n) is 4.27. The summed E-state index contributed by atoms with van der Waals surface area (Å²) in [6, 6.07) is 9.14. The Bertz CT molecular complexity index is 732. The van der Waals surface area contributed by atoms with E-state index >= 15 is 0 Å². The van der Waals surface area contributed by atoms with E-state index in [0.717, 1.165) is 5.56 Å². The molecule has 0 aliphatic carbocycles. The Hall–Kier alpha value is -2.76. The van der Waals surface area contributed by atoms with Crippen LogP contribution < -0.4 is 4.74 Å². The molecule has 1 fully saturated rings. The first-order valence-electron chi connectivity index (χ1n) is 7.96. The minimum Gasteiger partial charge on any atom is -0.496 e. The van der Waals surface area contributed by atoms with Crippen LogP contribution in [0, 0.1) is 6.92 Å². The van der Waals surface area contributed by atoms with Gasteiger partial charge >= 0.3 is 0 Å². The molecule has 126 valence electrons. The van der Waals surface area contributed by atoms with Gasteiger partial charge in [0.25, 0.3) is 11.8 Å². The van der Waals surface area contributed by atoms with Crippen molar-refractivity contribution in [2.24, 2.45) is 0 Å². The van der Waals surface area contributed by atoms with Crippen LogP contribution >= 0.6 is 0 Å². The molecule has 0 bridgehead atoms. The zero-order valence-corrected chi connectivity index (χ0v) is 13.9. The van der Waals surface area contributed by atoms with E-state index in [1.54, 1.807) is 35.2 Å². The van der Waals surface area contributed by atoms with Crippen LogP contribution in [0.5, 0.6) is 5.75 Å². The molecule has 1 aromatic heterocycles. The summed E-state index contributed by atoms with van der Waals surface area (Å²) in [4.78, 5) is 31.6. The molecule has 6 heteroatoms. The van der Waals surface area contributed by atoms with Crippen molar-refractivity contribution in [2.45, 2.75) is 6.92 Å². The van der Waals surface area contributed by atoms with Crippen molar-refractivity contribution in [1.82, 2.24) is 14.8 Å². The molecule has 1 N–H and O–H groups in total. The van der Waals surface area contributed by atoms with E-state index in [1.165, 1.54) is 0 Å². The van der Waals surface area contributed by atoms with Crippen molar-refractivity contribution in [3.8, 4) is 5.75 Å². The standard InChI is InChI=1S/C18H21N3O3/c1-13-5-6-16(24-2)14(12-13)17(22)20-8-10-21(11-9-20)18(23)15-4-3-7-19-15/h3-7,12,19H,8-11H2,1-2H3. The average molecular weight is 327 g/mol. The Balaban J connectivity index is 1.67. The lowest BCUT2D eigenvalue weighted by Gasteiger charge is -2.34. The summed E-state index contributed by atoms with van der Waals surface area (Å²) in [6.07, 6.45) is 1.73. The van der Waals surface area contributed by atoms with Crippen LogP contribution in [0.3, 0.4) is 0 Å². The summed E-state index contributed by atoms with van der Waals surface area (Å²) in [5, 5.41) is 0. The van der Waals surface area contributed by atoms with Gasteiger partial charge in [-0.3, -0.25) is 9.59 Å². The molecule has 0 spiro atoms. The third-order valence-corrected chi connectivity index (χ3v) is 4.27. The van der Waals surface area contributed by atoms with Crippen LogP contribution in [-0.2, 0) is 0 Å². The van der Waals surface area contributed by atoms with Gasteiger partial charge in [0.05, 0.1) is 12.7 Å². The molecular weight excluding hydrogens is 306 g/mol. The zero-order chi connectivity index (χ0) is 17.1. The van der Waals surface area contributed by atoms with Gasteiger partial charge < -0.3 is 19.5 Å². The summed E-state index contributed by atoms with van der Waals surface area (Å²) < 4.78 is 5.30. The highest BCUT2D eigenvalue weighted by Gasteiger charge is 2.27. The smallest absolute Gasteiger partial charge is 0.270 e. The number of hydrogen-bond acceptors (Lipinski definition) is 3. The molecule has 1 saturated heterocycles. The number of aromatic amines is 1. The highest BCUT2D eigenvalue weighted by Crippen LogP contribution is 2.22. The number of H-pyrrole nitrogens is 1. The largest absolute Gasteiger partial charge is 0.496 e. The third kappa shape index (κ3) is 3.13. The Labute approximate surface area is 141 Å². The van der Waals surface area contributed by atoms with Crippen molar-refractivity contribution >= 4 is 11.8 Å². The number of aryl methyl sites for hydroxylation is 1. The molecule has 3 rings (SSSR count). The van der Waals surface area contributed by atoms with E-state index < -0.39 is 0 Å². The Morgan fingerprint density at radius 3 is 2.29 bits per heavy atom. The molecule has 1 aliphatic rings. The average Bonchev–Trinajstić information content (AvgIpc) is 3.15. The van der Waals surface area contributed by atoms with Crippen molar-refractivity contribution in [1.29, 1.82) is 0 Å². The monoisotopic (exact) mass is 327 g/mol. The molecule has 6 nitrogen and oxygen atoms in total. The Morgan fingerprint density at radius 2 is 1.71 bits per heavy atom. The second-order valence-electron chi connectivity index (χ2n) is 5.87. The molecule has 0 unspecified atom stereocenters. The Morgan fingerprint density at radius 1 is 1.04 bits per heavy atom.